The van der Waals surface area contributed by atoms with Crippen molar-refractivity contribution in [2.75, 3.05) is 13.7 Å². The van der Waals surface area contributed by atoms with E-state index in [1.54, 1.807) is 6.07 Å². The maximum absolute atomic E-state index is 8.76. The Morgan fingerprint density at radius 3 is 2.93 bits per heavy atom. The van der Waals surface area contributed by atoms with Gasteiger partial charge in [-0.3, -0.25) is 4.98 Å². The van der Waals surface area contributed by atoms with E-state index in [0.717, 1.165) is 0 Å². The van der Waals surface area contributed by atoms with Crippen LogP contribution in [0.2, 0.25) is 0 Å². The molecular weight excluding hydrogens is 192 g/mol. The highest BCUT2D eigenvalue weighted by molar-refractivity contribution is 5.57. The van der Waals surface area contributed by atoms with Crippen molar-refractivity contribution in [1.82, 2.24) is 4.98 Å². The predicted molar refractivity (Wildman–Crippen MR) is 56.2 cm³/mol. The van der Waals surface area contributed by atoms with Gasteiger partial charge in [0.25, 0.3) is 0 Å². The second-order valence-corrected chi connectivity index (χ2v) is 2.74. The molecule has 0 aliphatic carbocycles. The molecule has 0 fully saturated rings. The number of hydrogen-bond donors (Lipinski definition) is 0. The SMILES string of the molecule is C=C(OCC)c1cc(OC)c(C#N)cn1. The molecule has 1 rings (SSSR count). The van der Waals surface area contributed by atoms with Crippen molar-refractivity contribution in [2.45, 2.75) is 6.92 Å². The van der Waals surface area contributed by atoms with E-state index in [0.29, 0.717) is 29.4 Å². The van der Waals surface area contributed by atoms with Gasteiger partial charge in [0.1, 0.15) is 28.8 Å². The highest BCUT2D eigenvalue weighted by Crippen LogP contribution is 2.21. The molecule has 4 nitrogen and oxygen atoms in total. The maximum Gasteiger partial charge on any atom is 0.140 e. The average Bonchev–Trinajstić information content (AvgIpc) is 2.28. The molecule has 0 aliphatic rings. The smallest absolute Gasteiger partial charge is 0.140 e. The van der Waals surface area contributed by atoms with E-state index in [2.05, 4.69) is 11.6 Å². The molecule has 4 heteroatoms. The summed E-state index contributed by atoms with van der Waals surface area (Å²) in [4.78, 5) is 4.05. The molecule has 15 heavy (non-hydrogen) atoms. The second kappa shape index (κ2) is 5.01. The highest BCUT2D eigenvalue weighted by atomic mass is 16.5. The summed E-state index contributed by atoms with van der Waals surface area (Å²) >= 11 is 0. The molecule has 1 aromatic rings. The first kappa shape index (κ1) is 11.1. The van der Waals surface area contributed by atoms with Crippen molar-refractivity contribution >= 4 is 5.76 Å². The van der Waals surface area contributed by atoms with E-state index in [9.17, 15) is 0 Å². The van der Waals surface area contributed by atoms with E-state index in [1.165, 1.54) is 13.3 Å². The first-order valence-corrected chi connectivity index (χ1v) is 4.49. The highest BCUT2D eigenvalue weighted by Gasteiger charge is 2.07. The lowest BCUT2D eigenvalue weighted by molar-refractivity contribution is 0.297. The van der Waals surface area contributed by atoms with Gasteiger partial charge in [0.05, 0.1) is 13.7 Å². The summed E-state index contributed by atoms with van der Waals surface area (Å²) in [5.41, 5.74) is 0.971. The number of rotatable bonds is 4. The molecule has 0 spiro atoms. The van der Waals surface area contributed by atoms with Crippen molar-refractivity contribution < 1.29 is 9.47 Å². The van der Waals surface area contributed by atoms with Gasteiger partial charge in [-0.2, -0.15) is 5.26 Å². The normalized spacial score (nSPS) is 9.13. The van der Waals surface area contributed by atoms with Crippen LogP contribution in [0.25, 0.3) is 5.76 Å². The molecule has 0 N–H and O–H groups in total. The van der Waals surface area contributed by atoms with E-state index >= 15 is 0 Å². The van der Waals surface area contributed by atoms with Crippen LogP contribution in [0.5, 0.6) is 5.75 Å². The molecule has 78 valence electrons. The Labute approximate surface area is 88.8 Å². The van der Waals surface area contributed by atoms with E-state index < -0.39 is 0 Å². The van der Waals surface area contributed by atoms with Crippen LogP contribution < -0.4 is 4.74 Å². The lowest BCUT2D eigenvalue weighted by Crippen LogP contribution is -1.96. The Kier molecular flexibility index (Phi) is 3.69. The lowest BCUT2D eigenvalue weighted by atomic mass is 10.2. The molecule has 1 heterocycles. The van der Waals surface area contributed by atoms with Crippen molar-refractivity contribution in [3.8, 4) is 11.8 Å². The van der Waals surface area contributed by atoms with Gasteiger partial charge in [-0.25, -0.2) is 0 Å². The molecular formula is C11H12N2O2. The Bertz CT molecular complexity index is 408. The first-order chi connectivity index (χ1) is 7.22. The van der Waals surface area contributed by atoms with Gasteiger partial charge in [0, 0.05) is 12.3 Å². The number of nitrogens with zero attached hydrogens (tertiary/aromatic N) is 2. The summed E-state index contributed by atoms with van der Waals surface area (Å²) in [6.45, 7) is 6.12. The minimum atomic E-state index is 0.394. The fourth-order valence-electron chi connectivity index (χ4n) is 1.09. The molecule has 1 aromatic heterocycles. The maximum atomic E-state index is 8.76. The number of methoxy groups -OCH3 is 1. The number of hydrogen-bond acceptors (Lipinski definition) is 4. The van der Waals surface area contributed by atoms with Crippen LogP contribution in [-0.4, -0.2) is 18.7 Å². The summed E-state index contributed by atoms with van der Waals surface area (Å²) in [5.74, 6) is 0.948. The predicted octanol–water partition coefficient (Wildman–Crippen LogP) is 1.97. The topological polar surface area (TPSA) is 55.1 Å². The molecule has 0 saturated heterocycles. The van der Waals surface area contributed by atoms with Crippen LogP contribution in [0.15, 0.2) is 18.8 Å². The molecule has 0 radical (unpaired) electrons. The minimum Gasteiger partial charge on any atom is -0.495 e. The third-order valence-electron chi connectivity index (χ3n) is 1.81. The molecule has 0 bridgehead atoms. The summed E-state index contributed by atoms with van der Waals surface area (Å²) in [7, 11) is 1.50. The van der Waals surface area contributed by atoms with Gasteiger partial charge in [-0.15, -0.1) is 0 Å². The first-order valence-electron chi connectivity index (χ1n) is 4.49. The number of ether oxygens (including phenoxy) is 2. The second-order valence-electron chi connectivity index (χ2n) is 2.74. The standard InChI is InChI=1S/C11H12N2O2/c1-4-15-8(2)10-5-11(14-3)9(6-12)7-13-10/h5,7H,2,4H2,1,3H3. The van der Waals surface area contributed by atoms with Gasteiger partial charge in [-0.1, -0.05) is 6.58 Å². The third-order valence-corrected chi connectivity index (χ3v) is 1.81. The molecule has 0 amide bonds. The quantitative estimate of drug-likeness (QED) is 0.703. The van der Waals surface area contributed by atoms with Crippen molar-refractivity contribution in [3.63, 3.8) is 0 Å². The van der Waals surface area contributed by atoms with E-state index in [-0.39, 0.29) is 0 Å². The molecule has 0 unspecified atom stereocenters. The fraction of sp³-hybridized carbons (Fsp3) is 0.273. The molecule has 0 atom stereocenters. The lowest BCUT2D eigenvalue weighted by Gasteiger charge is -2.08. The Balaban J connectivity index is 3.04. The Morgan fingerprint density at radius 2 is 2.40 bits per heavy atom. The fourth-order valence-corrected chi connectivity index (χ4v) is 1.09. The molecule has 0 aromatic carbocycles. The zero-order valence-corrected chi connectivity index (χ0v) is 8.78. The molecule has 0 aliphatic heterocycles. The zero-order valence-electron chi connectivity index (χ0n) is 8.78. The molecule has 0 saturated carbocycles. The van der Waals surface area contributed by atoms with E-state index in [1.807, 2.05) is 13.0 Å². The number of pyridine rings is 1. The van der Waals surface area contributed by atoms with Crippen LogP contribution >= 0.6 is 0 Å². The summed E-state index contributed by atoms with van der Waals surface area (Å²) in [6.07, 6.45) is 1.44. The van der Waals surface area contributed by atoms with Gasteiger partial charge in [0.2, 0.25) is 0 Å². The van der Waals surface area contributed by atoms with Crippen LogP contribution in [0.3, 0.4) is 0 Å². The summed E-state index contributed by atoms with van der Waals surface area (Å²) in [5, 5.41) is 8.76. The van der Waals surface area contributed by atoms with E-state index in [4.69, 9.17) is 14.7 Å². The Morgan fingerprint density at radius 1 is 1.67 bits per heavy atom. The Hall–Kier alpha value is -2.02. The third kappa shape index (κ3) is 2.47. The number of aromatic nitrogens is 1. The summed E-state index contributed by atoms with van der Waals surface area (Å²) in [6, 6.07) is 3.62. The number of nitriles is 1. The zero-order chi connectivity index (χ0) is 11.3. The van der Waals surface area contributed by atoms with Crippen molar-refractivity contribution in [1.29, 1.82) is 5.26 Å². The van der Waals surface area contributed by atoms with Crippen LogP contribution in [0.1, 0.15) is 18.2 Å². The van der Waals surface area contributed by atoms with Crippen LogP contribution in [0.4, 0.5) is 0 Å². The van der Waals surface area contributed by atoms with Crippen molar-refractivity contribution in [3.05, 3.63) is 30.1 Å². The van der Waals surface area contributed by atoms with Gasteiger partial charge < -0.3 is 9.47 Å². The van der Waals surface area contributed by atoms with Crippen LogP contribution in [-0.2, 0) is 4.74 Å². The van der Waals surface area contributed by atoms with Gasteiger partial charge >= 0.3 is 0 Å². The monoisotopic (exact) mass is 204 g/mol. The van der Waals surface area contributed by atoms with Gasteiger partial charge in [-0.05, 0) is 6.92 Å². The summed E-state index contributed by atoms with van der Waals surface area (Å²) < 4.78 is 10.3. The minimum absolute atomic E-state index is 0.394. The van der Waals surface area contributed by atoms with Gasteiger partial charge in [0.15, 0.2) is 0 Å². The van der Waals surface area contributed by atoms with Crippen molar-refractivity contribution in [2.24, 2.45) is 0 Å². The largest absolute Gasteiger partial charge is 0.495 e. The van der Waals surface area contributed by atoms with Crippen LogP contribution in [0, 0.1) is 11.3 Å². The average molecular weight is 204 g/mol.